The molecule has 2 heterocycles. The zero-order valence-corrected chi connectivity index (χ0v) is 17.5. The Balaban J connectivity index is 1.84. The number of imidazole rings is 1. The lowest BCUT2D eigenvalue weighted by Gasteiger charge is -2.20. The largest absolute Gasteiger partial charge is 0.459 e. The van der Waals surface area contributed by atoms with Crippen molar-refractivity contribution in [2.24, 2.45) is 0 Å². The lowest BCUT2D eigenvalue weighted by atomic mass is 10.2. The van der Waals surface area contributed by atoms with Gasteiger partial charge in [-0.3, -0.25) is 9.59 Å². The first-order valence-corrected chi connectivity index (χ1v) is 9.73. The van der Waals surface area contributed by atoms with Crippen LogP contribution >= 0.6 is 0 Å². The van der Waals surface area contributed by atoms with Gasteiger partial charge in [0.05, 0.1) is 5.52 Å². The lowest BCUT2D eigenvalue weighted by molar-refractivity contribution is -0.145. The second kappa shape index (κ2) is 8.52. The summed E-state index contributed by atoms with van der Waals surface area (Å²) in [5, 5.41) is 0. The molecular formula is C22H25N3O5. The molecule has 0 bridgehead atoms. The predicted octanol–water partition coefficient (Wildman–Crippen LogP) is 3.29. The topological polar surface area (TPSA) is 92.4 Å². The van der Waals surface area contributed by atoms with Crippen LogP contribution in [0.2, 0.25) is 0 Å². The first-order chi connectivity index (χ1) is 14.2. The number of benzene rings is 1. The third-order valence-corrected chi connectivity index (χ3v) is 4.29. The molecule has 1 aromatic carbocycles. The first kappa shape index (κ1) is 21.3. The lowest BCUT2D eigenvalue weighted by Crippen LogP contribution is -2.28. The predicted molar refractivity (Wildman–Crippen MR) is 111 cm³/mol. The van der Waals surface area contributed by atoms with Gasteiger partial charge in [-0.2, -0.15) is 0 Å². The zero-order valence-electron chi connectivity index (χ0n) is 17.5. The second-order valence-corrected chi connectivity index (χ2v) is 7.83. The molecule has 0 saturated carbocycles. The smallest absolute Gasteiger partial charge is 0.420 e. The Bertz CT molecular complexity index is 1120. The van der Waals surface area contributed by atoms with Crippen molar-refractivity contribution < 1.29 is 19.1 Å². The molecule has 2 aromatic heterocycles. The number of aryl methyl sites for hydroxylation is 1. The zero-order chi connectivity index (χ0) is 21.9. The van der Waals surface area contributed by atoms with Gasteiger partial charge in [0.25, 0.3) is 5.56 Å². The monoisotopic (exact) mass is 411 g/mol. The third kappa shape index (κ3) is 4.76. The summed E-state index contributed by atoms with van der Waals surface area (Å²) in [5.74, 6) is -0.122. The summed E-state index contributed by atoms with van der Waals surface area (Å²) in [6.07, 6.45) is 1.30. The van der Waals surface area contributed by atoms with Crippen LogP contribution in [0.25, 0.3) is 11.0 Å². The van der Waals surface area contributed by atoms with E-state index in [2.05, 4.69) is 4.98 Å². The SMILES string of the molecule is CCc1nc2c(=O)n(CC(=O)OCc3ccccc3)ccc2n1C(=O)OC(C)(C)C. The second-order valence-electron chi connectivity index (χ2n) is 7.83. The number of hydrogen-bond donors (Lipinski definition) is 0. The van der Waals surface area contributed by atoms with Gasteiger partial charge >= 0.3 is 12.1 Å². The molecule has 30 heavy (non-hydrogen) atoms. The molecule has 0 spiro atoms. The Labute approximate surface area is 174 Å². The molecule has 8 heteroatoms. The minimum atomic E-state index is -0.684. The highest BCUT2D eigenvalue weighted by atomic mass is 16.6. The molecule has 0 N–H and O–H groups in total. The van der Waals surface area contributed by atoms with E-state index in [4.69, 9.17) is 9.47 Å². The third-order valence-electron chi connectivity index (χ3n) is 4.29. The molecule has 0 aliphatic rings. The van der Waals surface area contributed by atoms with Crippen LogP contribution in [0.1, 0.15) is 39.1 Å². The van der Waals surface area contributed by atoms with Crippen LogP contribution in [0.5, 0.6) is 0 Å². The molecule has 3 aromatic rings. The average molecular weight is 411 g/mol. The van der Waals surface area contributed by atoms with E-state index >= 15 is 0 Å². The van der Waals surface area contributed by atoms with Crippen molar-refractivity contribution in [1.29, 1.82) is 0 Å². The van der Waals surface area contributed by atoms with E-state index in [-0.39, 0.29) is 18.7 Å². The number of carbonyl (C=O) groups excluding carboxylic acids is 2. The maximum atomic E-state index is 12.9. The molecule has 0 radical (unpaired) electrons. The van der Waals surface area contributed by atoms with Gasteiger partial charge in [0.2, 0.25) is 0 Å². The number of fused-ring (bicyclic) bond motifs is 1. The van der Waals surface area contributed by atoms with Crippen molar-refractivity contribution in [3.05, 3.63) is 64.3 Å². The van der Waals surface area contributed by atoms with Crippen molar-refractivity contribution in [1.82, 2.24) is 14.1 Å². The van der Waals surface area contributed by atoms with E-state index in [1.165, 1.54) is 15.3 Å². The van der Waals surface area contributed by atoms with Gasteiger partial charge in [-0.1, -0.05) is 37.3 Å². The molecule has 158 valence electrons. The van der Waals surface area contributed by atoms with Crippen LogP contribution < -0.4 is 5.56 Å². The Hall–Kier alpha value is -3.42. The van der Waals surface area contributed by atoms with Crippen molar-refractivity contribution in [2.75, 3.05) is 0 Å². The maximum Gasteiger partial charge on any atom is 0.420 e. The maximum absolute atomic E-state index is 12.9. The molecule has 0 amide bonds. The summed E-state index contributed by atoms with van der Waals surface area (Å²) in [6, 6.07) is 10.9. The number of rotatable bonds is 5. The van der Waals surface area contributed by atoms with Crippen molar-refractivity contribution >= 4 is 23.1 Å². The summed E-state index contributed by atoms with van der Waals surface area (Å²) >= 11 is 0. The number of aromatic nitrogens is 3. The van der Waals surface area contributed by atoms with Gasteiger partial charge in [-0.15, -0.1) is 0 Å². The number of hydrogen-bond acceptors (Lipinski definition) is 6. The van der Waals surface area contributed by atoms with Crippen LogP contribution in [0, 0.1) is 0 Å². The summed E-state index contributed by atoms with van der Waals surface area (Å²) in [5.41, 5.74) is 0.158. The van der Waals surface area contributed by atoms with Crippen LogP contribution in [-0.2, 0) is 33.8 Å². The number of pyridine rings is 1. The van der Waals surface area contributed by atoms with Gasteiger partial charge in [0, 0.05) is 12.6 Å². The highest BCUT2D eigenvalue weighted by molar-refractivity contribution is 5.87. The highest BCUT2D eigenvalue weighted by Crippen LogP contribution is 2.17. The molecule has 0 fully saturated rings. The molecule has 3 rings (SSSR count). The van der Waals surface area contributed by atoms with E-state index in [0.29, 0.717) is 17.8 Å². The molecule has 0 aliphatic heterocycles. The van der Waals surface area contributed by atoms with E-state index < -0.39 is 23.2 Å². The van der Waals surface area contributed by atoms with E-state index in [1.54, 1.807) is 26.8 Å². The van der Waals surface area contributed by atoms with Gasteiger partial charge < -0.3 is 14.0 Å². The fourth-order valence-electron chi connectivity index (χ4n) is 2.95. The Morgan fingerprint density at radius 1 is 1.10 bits per heavy atom. The van der Waals surface area contributed by atoms with Crippen LogP contribution in [0.4, 0.5) is 4.79 Å². The number of esters is 1. The van der Waals surface area contributed by atoms with Gasteiger partial charge in [0.1, 0.15) is 24.6 Å². The van der Waals surface area contributed by atoms with E-state index in [0.717, 1.165) is 5.56 Å². The normalized spacial score (nSPS) is 11.5. The van der Waals surface area contributed by atoms with Crippen LogP contribution in [0.3, 0.4) is 0 Å². The number of carbonyl (C=O) groups is 2. The summed E-state index contributed by atoms with van der Waals surface area (Å²) in [4.78, 5) is 42.0. The fraction of sp³-hybridized carbons (Fsp3) is 0.364. The van der Waals surface area contributed by atoms with Crippen molar-refractivity contribution in [2.45, 2.75) is 52.9 Å². The molecule has 8 nitrogen and oxygen atoms in total. The van der Waals surface area contributed by atoms with Crippen molar-refractivity contribution in [3.63, 3.8) is 0 Å². The van der Waals surface area contributed by atoms with Gasteiger partial charge in [-0.05, 0) is 32.4 Å². The molecule has 0 atom stereocenters. The molecule has 0 aliphatic carbocycles. The molecular weight excluding hydrogens is 386 g/mol. The summed E-state index contributed by atoms with van der Waals surface area (Å²) < 4.78 is 13.2. The average Bonchev–Trinajstić information content (AvgIpc) is 3.08. The quantitative estimate of drug-likeness (QED) is 0.598. The number of ether oxygens (including phenoxy) is 2. The standard InChI is InChI=1S/C22H25N3O5/c1-5-17-23-19-16(25(17)21(28)30-22(2,3)4)11-12-24(20(19)27)13-18(26)29-14-15-9-7-6-8-10-15/h6-12H,5,13-14H2,1-4H3. The van der Waals surface area contributed by atoms with Crippen LogP contribution in [0.15, 0.2) is 47.4 Å². The van der Waals surface area contributed by atoms with Gasteiger partial charge in [-0.25, -0.2) is 14.3 Å². The Morgan fingerprint density at radius 2 is 1.80 bits per heavy atom. The van der Waals surface area contributed by atoms with Crippen molar-refractivity contribution in [3.8, 4) is 0 Å². The van der Waals surface area contributed by atoms with Crippen LogP contribution in [-0.4, -0.2) is 31.8 Å². The molecule has 0 unspecified atom stereocenters. The number of nitrogens with zero attached hydrogens (tertiary/aromatic N) is 3. The minimum Gasteiger partial charge on any atom is -0.459 e. The first-order valence-electron chi connectivity index (χ1n) is 9.73. The fourth-order valence-corrected chi connectivity index (χ4v) is 2.95. The highest BCUT2D eigenvalue weighted by Gasteiger charge is 2.24. The molecule has 0 saturated heterocycles. The van der Waals surface area contributed by atoms with Gasteiger partial charge in [0.15, 0.2) is 5.52 Å². The van der Waals surface area contributed by atoms with E-state index in [9.17, 15) is 14.4 Å². The van der Waals surface area contributed by atoms with E-state index in [1.807, 2.05) is 37.3 Å². The Kier molecular flexibility index (Phi) is 6.05. The summed E-state index contributed by atoms with van der Waals surface area (Å²) in [6.45, 7) is 7.02. The Morgan fingerprint density at radius 3 is 2.43 bits per heavy atom. The minimum absolute atomic E-state index is 0.107. The summed E-state index contributed by atoms with van der Waals surface area (Å²) in [7, 11) is 0.